The Morgan fingerprint density at radius 3 is 2.18 bits per heavy atom. The van der Waals surface area contributed by atoms with Crippen LogP contribution in [0.5, 0.6) is 0 Å². The van der Waals surface area contributed by atoms with Gasteiger partial charge in [0.15, 0.2) is 5.78 Å². The average molecular weight is 379 g/mol. The molecular weight excluding hydrogens is 354 g/mol. The SMILES string of the molecule is Cc1ccc(C(=O)CCC(=O)N2CCCN(C(=O)c3ccncc3)CC2)cc1. The minimum absolute atomic E-state index is 0.0161. The Hall–Kier alpha value is -3.02. The maximum atomic E-state index is 12.6. The molecule has 0 aliphatic carbocycles. The maximum Gasteiger partial charge on any atom is 0.254 e. The molecule has 1 saturated heterocycles. The van der Waals surface area contributed by atoms with Crippen LogP contribution < -0.4 is 0 Å². The number of carbonyl (C=O) groups excluding carboxylic acids is 3. The second-order valence-corrected chi connectivity index (χ2v) is 7.05. The first-order chi connectivity index (χ1) is 13.5. The van der Waals surface area contributed by atoms with Crippen LogP contribution in [0.25, 0.3) is 0 Å². The lowest BCUT2D eigenvalue weighted by Gasteiger charge is -2.22. The molecule has 1 fully saturated rings. The van der Waals surface area contributed by atoms with Crippen molar-refractivity contribution >= 4 is 17.6 Å². The number of hydrogen-bond donors (Lipinski definition) is 0. The van der Waals surface area contributed by atoms with Crippen molar-refractivity contribution in [2.75, 3.05) is 26.2 Å². The van der Waals surface area contributed by atoms with E-state index in [1.807, 2.05) is 19.1 Å². The molecular formula is C22H25N3O3. The number of pyridine rings is 1. The van der Waals surface area contributed by atoms with E-state index in [0.717, 1.165) is 12.0 Å². The fourth-order valence-corrected chi connectivity index (χ4v) is 3.31. The van der Waals surface area contributed by atoms with Crippen molar-refractivity contribution in [2.45, 2.75) is 26.2 Å². The van der Waals surface area contributed by atoms with E-state index in [4.69, 9.17) is 0 Å². The number of ketones is 1. The monoisotopic (exact) mass is 379 g/mol. The molecule has 1 aromatic heterocycles. The van der Waals surface area contributed by atoms with Gasteiger partial charge in [0.25, 0.3) is 5.91 Å². The predicted molar refractivity (Wildman–Crippen MR) is 106 cm³/mol. The highest BCUT2D eigenvalue weighted by atomic mass is 16.2. The highest BCUT2D eigenvalue weighted by molar-refractivity contribution is 5.98. The van der Waals surface area contributed by atoms with Crippen molar-refractivity contribution in [1.82, 2.24) is 14.8 Å². The Morgan fingerprint density at radius 1 is 0.821 bits per heavy atom. The highest BCUT2D eigenvalue weighted by Crippen LogP contribution is 2.12. The summed E-state index contributed by atoms with van der Waals surface area (Å²) >= 11 is 0. The van der Waals surface area contributed by atoms with Gasteiger partial charge in [0, 0.05) is 62.5 Å². The number of carbonyl (C=O) groups is 3. The van der Waals surface area contributed by atoms with Crippen LogP contribution in [0.3, 0.4) is 0 Å². The van der Waals surface area contributed by atoms with Gasteiger partial charge < -0.3 is 9.80 Å². The fourth-order valence-electron chi connectivity index (χ4n) is 3.31. The van der Waals surface area contributed by atoms with Crippen LogP contribution in [0.4, 0.5) is 0 Å². The van der Waals surface area contributed by atoms with Gasteiger partial charge in [0.2, 0.25) is 5.91 Å². The Kier molecular flexibility index (Phi) is 6.53. The molecule has 6 heteroatoms. The molecule has 0 bridgehead atoms. The van der Waals surface area contributed by atoms with Crippen molar-refractivity contribution < 1.29 is 14.4 Å². The normalized spacial score (nSPS) is 14.5. The minimum atomic E-state index is -0.0359. The molecule has 0 atom stereocenters. The number of aryl methyl sites for hydroxylation is 1. The first-order valence-corrected chi connectivity index (χ1v) is 9.61. The number of hydrogen-bond acceptors (Lipinski definition) is 4. The molecule has 2 amide bonds. The Balaban J connectivity index is 1.50. The van der Waals surface area contributed by atoms with Crippen molar-refractivity contribution in [1.29, 1.82) is 0 Å². The first kappa shape index (κ1) is 19.7. The lowest BCUT2D eigenvalue weighted by Crippen LogP contribution is -2.37. The van der Waals surface area contributed by atoms with Crippen LogP contribution >= 0.6 is 0 Å². The second-order valence-electron chi connectivity index (χ2n) is 7.05. The van der Waals surface area contributed by atoms with E-state index in [9.17, 15) is 14.4 Å². The van der Waals surface area contributed by atoms with Crippen molar-refractivity contribution in [3.05, 3.63) is 65.5 Å². The lowest BCUT2D eigenvalue weighted by molar-refractivity contribution is -0.131. The van der Waals surface area contributed by atoms with E-state index in [1.165, 1.54) is 0 Å². The Morgan fingerprint density at radius 2 is 1.46 bits per heavy atom. The van der Waals surface area contributed by atoms with Crippen LogP contribution in [0.15, 0.2) is 48.8 Å². The summed E-state index contributed by atoms with van der Waals surface area (Å²) in [5, 5.41) is 0. The summed E-state index contributed by atoms with van der Waals surface area (Å²) in [6.07, 6.45) is 4.34. The Labute approximate surface area is 165 Å². The second kappa shape index (κ2) is 9.26. The Bertz CT molecular complexity index is 834. The zero-order chi connectivity index (χ0) is 19.9. The average Bonchev–Trinajstić information content (AvgIpc) is 2.99. The molecule has 2 heterocycles. The quantitative estimate of drug-likeness (QED) is 0.749. The van der Waals surface area contributed by atoms with Crippen LogP contribution in [0.1, 0.15) is 45.5 Å². The lowest BCUT2D eigenvalue weighted by atomic mass is 10.0. The number of aromatic nitrogens is 1. The molecule has 1 aliphatic rings. The van der Waals surface area contributed by atoms with E-state index in [2.05, 4.69) is 4.98 Å². The summed E-state index contributed by atoms with van der Waals surface area (Å²) in [6, 6.07) is 10.8. The molecule has 1 aliphatic heterocycles. The third-order valence-corrected chi connectivity index (χ3v) is 5.00. The first-order valence-electron chi connectivity index (χ1n) is 9.61. The van der Waals surface area contributed by atoms with E-state index in [1.54, 1.807) is 46.5 Å². The molecule has 2 aromatic rings. The van der Waals surface area contributed by atoms with Gasteiger partial charge in [0.1, 0.15) is 0 Å². The van der Waals surface area contributed by atoms with Crippen molar-refractivity contribution in [2.24, 2.45) is 0 Å². The van der Waals surface area contributed by atoms with Crippen LogP contribution in [-0.4, -0.2) is 58.6 Å². The predicted octanol–water partition coefficient (Wildman–Crippen LogP) is 2.73. The smallest absolute Gasteiger partial charge is 0.254 e. The number of rotatable bonds is 5. The maximum absolute atomic E-state index is 12.6. The summed E-state index contributed by atoms with van der Waals surface area (Å²) in [4.78, 5) is 44.9. The molecule has 1 aromatic carbocycles. The minimum Gasteiger partial charge on any atom is -0.341 e. The third kappa shape index (κ3) is 5.03. The molecule has 0 unspecified atom stereocenters. The van der Waals surface area contributed by atoms with Crippen LogP contribution in [0, 0.1) is 6.92 Å². The van der Waals surface area contributed by atoms with Gasteiger partial charge in [-0.3, -0.25) is 19.4 Å². The third-order valence-electron chi connectivity index (χ3n) is 5.00. The zero-order valence-corrected chi connectivity index (χ0v) is 16.1. The van der Waals surface area contributed by atoms with Crippen LogP contribution in [0.2, 0.25) is 0 Å². The molecule has 0 radical (unpaired) electrons. The van der Waals surface area contributed by atoms with E-state index < -0.39 is 0 Å². The zero-order valence-electron chi connectivity index (χ0n) is 16.1. The number of nitrogens with zero attached hydrogens (tertiary/aromatic N) is 3. The molecule has 28 heavy (non-hydrogen) atoms. The standard InChI is InChI=1S/C22H25N3O3/c1-17-3-5-18(6-4-17)20(26)7-8-21(27)24-13-2-14-25(16-15-24)22(28)19-9-11-23-12-10-19/h3-6,9-12H,2,7-8,13-16H2,1H3. The molecule has 146 valence electrons. The van der Waals surface area contributed by atoms with Gasteiger partial charge in [-0.2, -0.15) is 0 Å². The van der Waals surface area contributed by atoms with Gasteiger partial charge in [-0.25, -0.2) is 0 Å². The highest BCUT2D eigenvalue weighted by Gasteiger charge is 2.23. The van der Waals surface area contributed by atoms with E-state index >= 15 is 0 Å². The molecule has 6 nitrogen and oxygen atoms in total. The van der Waals surface area contributed by atoms with Gasteiger partial charge in [-0.05, 0) is 25.5 Å². The summed E-state index contributed by atoms with van der Waals surface area (Å²) in [5.74, 6) is -0.0809. The van der Waals surface area contributed by atoms with Crippen LogP contribution in [-0.2, 0) is 4.79 Å². The number of amides is 2. The van der Waals surface area contributed by atoms with Gasteiger partial charge in [-0.1, -0.05) is 29.8 Å². The number of Topliss-reactive ketones (excluding diaryl/α,β-unsaturated/α-hetero) is 1. The largest absolute Gasteiger partial charge is 0.341 e. The van der Waals surface area contributed by atoms with Gasteiger partial charge >= 0.3 is 0 Å². The van der Waals surface area contributed by atoms with Crippen molar-refractivity contribution in [3.8, 4) is 0 Å². The topological polar surface area (TPSA) is 70.6 Å². The fraction of sp³-hybridized carbons (Fsp3) is 0.364. The summed E-state index contributed by atoms with van der Waals surface area (Å²) in [7, 11) is 0. The van der Waals surface area contributed by atoms with Gasteiger partial charge in [0.05, 0.1) is 0 Å². The summed E-state index contributed by atoms with van der Waals surface area (Å²) in [6.45, 7) is 4.19. The van der Waals surface area contributed by atoms with E-state index in [-0.39, 0.29) is 30.4 Å². The van der Waals surface area contributed by atoms with Gasteiger partial charge in [-0.15, -0.1) is 0 Å². The van der Waals surface area contributed by atoms with E-state index in [0.29, 0.717) is 37.3 Å². The summed E-state index contributed by atoms with van der Waals surface area (Å²) in [5.41, 5.74) is 2.35. The molecule has 0 saturated carbocycles. The molecule has 0 N–H and O–H groups in total. The number of benzene rings is 1. The van der Waals surface area contributed by atoms with Crippen molar-refractivity contribution in [3.63, 3.8) is 0 Å². The molecule has 0 spiro atoms. The molecule has 3 rings (SSSR count). The summed E-state index contributed by atoms with van der Waals surface area (Å²) < 4.78 is 0.